The summed E-state index contributed by atoms with van der Waals surface area (Å²) in [6.45, 7) is 0.781. The molecule has 2 aromatic carbocycles. The van der Waals surface area contributed by atoms with Crippen LogP contribution in [0.2, 0.25) is 0 Å². The first-order chi connectivity index (χ1) is 13.5. The maximum absolute atomic E-state index is 14.5. The van der Waals surface area contributed by atoms with E-state index < -0.39 is 40.5 Å². The molecule has 0 saturated heterocycles. The first-order valence-corrected chi connectivity index (χ1v) is 10.3. The lowest BCUT2D eigenvalue weighted by Crippen LogP contribution is -2.34. The lowest BCUT2D eigenvalue weighted by atomic mass is 10.1. The van der Waals surface area contributed by atoms with Gasteiger partial charge < -0.3 is 5.32 Å². The number of nitrogens with zero attached hydrogens (tertiary/aromatic N) is 1. The maximum atomic E-state index is 14.5. The van der Waals surface area contributed by atoms with E-state index in [2.05, 4.69) is 0 Å². The Morgan fingerprint density at radius 3 is 2.38 bits per heavy atom. The fourth-order valence-electron chi connectivity index (χ4n) is 2.53. The number of anilines is 1. The number of rotatable bonds is 8. The van der Waals surface area contributed by atoms with E-state index in [1.54, 1.807) is 36.5 Å². The van der Waals surface area contributed by atoms with Crippen LogP contribution in [0, 0.1) is 12.7 Å². The van der Waals surface area contributed by atoms with Crippen LogP contribution in [0.5, 0.6) is 0 Å². The van der Waals surface area contributed by atoms with E-state index in [1.165, 1.54) is 12.1 Å². The highest BCUT2D eigenvalue weighted by Crippen LogP contribution is 2.23. The molecule has 0 aliphatic rings. The fraction of sp³-hybridized carbons (Fsp3) is 0.263. The van der Waals surface area contributed by atoms with Gasteiger partial charge in [0.1, 0.15) is 5.82 Å². The second-order valence-electron chi connectivity index (χ2n) is 6.36. The van der Waals surface area contributed by atoms with Crippen molar-refractivity contribution in [1.29, 1.82) is 0 Å². The number of sulfonamides is 1. The van der Waals surface area contributed by atoms with Crippen LogP contribution in [0.1, 0.15) is 21.5 Å². The van der Waals surface area contributed by atoms with Gasteiger partial charge in [0.05, 0.1) is 25.0 Å². The molecule has 156 valence electrons. The summed E-state index contributed by atoms with van der Waals surface area (Å²) in [5.41, 5.74) is 1.07. The van der Waals surface area contributed by atoms with Gasteiger partial charge in [0.2, 0.25) is 10.0 Å². The van der Waals surface area contributed by atoms with E-state index in [1.807, 2.05) is 0 Å². The van der Waals surface area contributed by atoms with Crippen LogP contribution in [-0.4, -0.2) is 39.3 Å². The van der Waals surface area contributed by atoms with Crippen molar-refractivity contribution in [3.63, 3.8) is 0 Å². The molecule has 2 rings (SSSR count). The third-order valence-corrected chi connectivity index (χ3v) is 5.14. The number of alkyl halides is 2. The standard InChI is InChI=1S/C19H19F3N2O4S/c1-12-4-3-5-15(8-12)24(29(2,27)28)11-14-7-6-13(9-16(14)20)17(25)10-23-19(26)18(21)22/h3-9,18H,10-11H2,1-2H3,(H,23,26). The Bertz CT molecular complexity index is 1030. The maximum Gasteiger partial charge on any atom is 0.315 e. The van der Waals surface area contributed by atoms with E-state index in [-0.39, 0.29) is 17.7 Å². The summed E-state index contributed by atoms with van der Waals surface area (Å²) >= 11 is 0. The molecule has 0 unspecified atom stereocenters. The van der Waals surface area contributed by atoms with E-state index in [0.717, 1.165) is 22.2 Å². The first kappa shape index (κ1) is 22.4. The normalized spacial score (nSPS) is 11.4. The fourth-order valence-corrected chi connectivity index (χ4v) is 3.40. The topological polar surface area (TPSA) is 83.6 Å². The van der Waals surface area contributed by atoms with Gasteiger partial charge >= 0.3 is 6.43 Å². The van der Waals surface area contributed by atoms with Gasteiger partial charge in [-0.25, -0.2) is 12.8 Å². The Hall–Kier alpha value is -2.88. The number of Topliss-reactive ketones (excluding diaryl/α,β-unsaturated/α-hetero) is 1. The summed E-state index contributed by atoms with van der Waals surface area (Å²) in [7, 11) is -3.72. The molecular weight excluding hydrogens is 409 g/mol. The third-order valence-electron chi connectivity index (χ3n) is 4.00. The van der Waals surface area contributed by atoms with E-state index in [9.17, 15) is 31.2 Å². The van der Waals surface area contributed by atoms with Gasteiger partial charge in [-0.05, 0) is 30.7 Å². The predicted molar refractivity (Wildman–Crippen MR) is 102 cm³/mol. The van der Waals surface area contributed by atoms with Gasteiger partial charge in [-0.15, -0.1) is 0 Å². The summed E-state index contributed by atoms with van der Waals surface area (Å²) in [6.07, 6.45) is -2.26. The van der Waals surface area contributed by atoms with Crippen molar-refractivity contribution in [2.75, 3.05) is 17.1 Å². The number of benzene rings is 2. The second-order valence-corrected chi connectivity index (χ2v) is 8.26. The van der Waals surface area contributed by atoms with Gasteiger partial charge in [0.25, 0.3) is 5.91 Å². The summed E-state index contributed by atoms with van der Waals surface area (Å²) in [5.74, 6) is -3.20. The molecular formula is C19H19F3N2O4S. The average Bonchev–Trinajstić information content (AvgIpc) is 2.63. The number of hydrogen-bond acceptors (Lipinski definition) is 4. The SMILES string of the molecule is Cc1cccc(N(Cc2ccc(C(=O)CNC(=O)C(F)F)cc2F)S(C)(=O)=O)c1. The third kappa shape index (κ3) is 6.05. The van der Waals surface area contributed by atoms with Crippen LogP contribution in [0.25, 0.3) is 0 Å². The van der Waals surface area contributed by atoms with Crippen molar-refractivity contribution in [2.24, 2.45) is 0 Å². The van der Waals surface area contributed by atoms with Gasteiger partial charge in [-0.1, -0.05) is 24.3 Å². The number of nitrogens with one attached hydrogen (secondary N) is 1. The summed E-state index contributed by atoms with van der Waals surface area (Å²) in [4.78, 5) is 22.8. The van der Waals surface area contributed by atoms with Crippen molar-refractivity contribution >= 4 is 27.4 Å². The van der Waals surface area contributed by atoms with Crippen LogP contribution >= 0.6 is 0 Å². The molecule has 10 heteroatoms. The van der Waals surface area contributed by atoms with Crippen molar-refractivity contribution in [1.82, 2.24) is 5.32 Å². The number of ketones is 1. The zero-order chi connectivity index (χ0) is 21.8. The minimum absolute atomic E-state index is 0.0186. The molecule has 0 spiro atoms. The highest BCUT2D eigenvalue weighted by Gasteiger charge is 2.21. The monoisotopic (exact) mass is 428 g/mol. The Kier molecular flexibility index (Phi) is 7.02. The van der Waals surface area contributed by atoms with E-state index >= 15 is 0 Å². The first-order valence-electron chi connectivity index (χ1n) is 8.41. The summed E-state index contributed by atoms with van der Waals surface area (Å²) < 4.78 is 64.2. The van der Waals surface area contributed by atoms with Crippen molar-refractivity contribution in [3.05, 3.63) is 65.0 Å². The van der Waals surface area contributed by atoms with Crippen molar-refractivity contribution < 1.29 is 31.2 Å². The molecule has 0 atom stereocenters. The number of aryl methyl sites for hydroxylation is 1. The van der Waals surface area contributed by atoms with E-state index in [4.69, 9.17) is 0 Å². The molecule has 0 aliphatic carbocycles. The molecule has 0 aliphatic heterocycles. The predicted octanol–water partition coefficient (Wildman–Crippen LogP) is 2.66. The average molecular weight is 428 g/mol. The number of amides is 1. The molecule has 0 radical (unpaired) electrons. The molecule has 0 saturated carbocycles. The van der Waals surface area contributed by atoms with Crippen LogP contribution in [0.4, 0.5) is 18.9 Å². The molecule has 6 nitrogen and oxygen atoms in total. The Morgan fingerprint density at radius 2 is 1.83 bits per heavy atom. The molecule has 0 fully saturated rings. The molecule has 0 aromatic heterocycles. The lowest BCUT2D eigenvalue weighted by Gasteiger charge is -2.23. The van der Waals surface area contributed by atoms with Crippen LogP contribution in [0.15, 0.2) is 42.5 Å². The summed E-state index contributed by atoms with van der Waals surface area (Å²) in [5, 5.41) is 1.74. The Morgan fingerprint density at radius 1 is 1.14 bits per heavy atom. The van der Waals surface area contributed by atoms with Gasteiger partial charge in [-0.2, -0.15) is 8.78 Å². The van der Waals surface area contributed by atoms with E-state index in [0.29, 0.717) is 5.69 Å². The minimum atomic E-state index is -3.72. The second kappa shape index (κ2) is 9.08. The number of hydrogen-bond donors (Lipinski definition) is 1. The number of halogens is 3. The van der Waals surface area contributed by atoms with Gasteiger partial charge in [0, 0.05) is 11.1 Å². The zero-order valence-electron chi connectivity index (χ0n) is 15.7. The number of carbonyl (C=O) groups is 2. The smallest absolute Gasteiger partial charge is 0.315 e. The van der Waals surface area contributed by atoms with Crippen LogP contribution in [0.3, 0.4) is 0 Å². The largest absolute Gasteiger partial charge is 0.344 e. The van der Waals surface area contributed by atoms with Gasteiger partial charge in [-0.3, -0.25) is 13.9 Å². The van der Waals surface area contributed by atoms with Crippen molar-refractivity contribution in [2.45, 2.75) is 19.9 Å². The summed E-state index contributed by atoms with van der Waals surface area (Å²) in [6, 6.07) is 10.0. The highest BCUT2D eigenvalue weighted by atomic mass is 32.2. The Balaban J connectivity index is 2.22. The lowest BCUT2D eigenvalue weighted by molar-refractivity contribution is -0.131. The molecule has 1 N–H and O–H groups in total. The molecule has 29 heavy (non-hydrogen) atoms. The molecule has 0 heterocycles. The van der Waals surface area contributed by atoms with Crippen molar-refractivity contribution in [3.8, 4) is 0 Å². The quantitative estimate of drug-likeness (QED) is 0.656. The van der Waals surface area contributed by atoms with Crippen LogP contribution in [-0.2, 0) is 21.4 Å². The van der Waals surface area contributed by atoms with Gasteiger partial charge in [0.15, 0.2) is 5.78 Å². The number of carbonyl (C=O) groups excluding carboxylic acids is 2. The highest BCUT2D eigenvalue weighted by molar-refractivity contribution is 7.92. The zero-order valence-corrected chi connectivity index (χ0v) is 16.5. The molecule has 2 aromatic rings. The Labute approximate surface area is 166 Å². The van der Waals surface area contributed by atoms with Crippen LogP contribution < -0.4 is 9.62 Å². The molecule has 1 amide bonds. The minimum Gasteiger partial charge on any atom is -0.344 e. The molecule has 0 bridgehead atoms.